The molecule has 0 amide bonds. The Hall–Kier alpha value is -0.930. The third-order valence-electron chi connectivity index (χ3n) is 2.23. The van der Waals surface area contributed by atoms with Crippen molar-refractivity contribution in [2.75, 3.05) is 6.61 Å². The van der Waals surface area contributed by atoms with E-state index in [-0.39, 0.29) is 18.5 Å². The average Bonchev–Trinajstić information content (AvgIpc) is 2.19. The monoisotopic (exact) mass is 226 g/mol. The van der Waals surface area contributed by atoms with E-state index in [1.54, 1.807) is 19.1 Å². The van der Waals surface area contributed by atoms with E-state index < -0.39 is 5.60 Å². The van der Waals surface area contributed by atoms with Crippen LogP contribution in [0.15, 0.2) is 24.3 Å². The Morgan fingerprint density at radius 2 is 1.88 bits per heavy atom. The predicted molar refractivity (Wildman–Crippen MR) is 61.8 cm³/mol. The van der Waals surface area contributed by atoms with Crippen molar-refractivity contribution in [1.82, 2.24) is 0 Å². The second-order valence-electron chi connectivity index (χ2n) is 4.66. The first-order valence-electron chi connectivity index (χ1n) is 5.47. The summed E-state index contributed by atoms with van der Waals surface area (Å²) in [5.41, 5.74) is -0.0130. The number of benzene rings is 1. The fourth-order valence-corrected chi connectivity index (χ4v) is 1.44. The first kappa shape index (κ1) is 13.1. The third-order valence-corrected chi connectivity index (χ3v) is 2.23. The summed E-state index contributed by atoms with van der Waals surface area (Å²) in [4.78, 5) is 0. The summed E-state index contributed by atoms with van der Waals surface area (Å²) < 4.78 is 18.1. The smallest absolute Gasteiger partial charge is 0.123 e. The number of hydrogen-bond donors (Lipinski definition) is 1. The van der Waals surface area contributed by atoms with Gasteiger partial charge in [0.1, 0.15) is 5.82 Å². The lowest BCUT2D eigenvalue weighted by atomic mass is 9.97. The van der Waals surface area contributed by atoms with Gasteiger partial charge < -0.3 is 9.84 Å². The summed E-state index contributed by atoms with van der Waals surface area (Å²) in [6.07, 6.45) is 0.555. The van der Waals surface area contributed by atoms with Crippen LogP contribution in [-0.2, 0) is 11.2 Å². The molecule has 0 bridgehead atoms. The molecule has 1 aromatic carbocycles. The second-order valence-corrected chi connectivity index (χ2v) is 4.66. The van der Waals surface area contributed by atoms with E-state index in [9.17, 15) is 9.50 Å². The molecule has 0 heterocycles. The van der Waals surface area contributed by atoms with Crippen molar-refractivity contribution >= 4 is 0 Å². The normalized spacial score (nSPS) is 15.1. The minimum atomic E-state index is -0.915. The summed E-state index contributed by atoms with van der Waals surface area (Å²) in [5.74, 6) is -0.262. The number of halogens is 1. The van der Waals surface area contributed by atoms with Gasteiger partial charge in [-0.1, -0.05) is 12.1 Å². The zero-order chi connectivity index (χ0) is 12.2. The van der Waals surface area contributed by atoms with Gasteiger partial charge in [-0.3, -0.25) is 0 Å². The van der Waals surface area contributed by atoms with Crippen LogP contribution in [0.3, 0.4) is 0 Å². The van der Waals surface area contributed by atoms with Crippen molar-refractivity contribution in [2.24, 2.45) is 0 Å². The van der Waals surface area contributed by atoms with Gasteiger partial charge in [-0.2, -0.15) is 0 Å². The zero-order valence-electron chi connectivity index (χ0n) is 10.0. The summed E-state index contributed by atoms with van der Waals surface area (Å²) in [6.45, 7) is 5.85. The maximum absolute atomic E-state index is 12.7. The molecule has 0 aromatic heterocycles. The van der Waals surface area contributed by atoms with E-state index in [4.69, 9.17) is 4.74 Å². The molecule has 0 saturated heterocycles. The molecule has 1 rings (SSSR count). The average molecular weight is 226 g/mol. The lowest BCUT2D eigenvalue weighted by Gasteiger charge is -2.24. The summed E-state index contributed by atoms with van der Waals surface area (Å²) >= 11 is 0. The molecule has 1 unspecified atom stereocenters. The van der Waals surface area contributed by atoms with Crippen LogP contribution in [0.1, 0.15) is 26.3 Å². The van der Waals surface area contributed by atoms with Gasteiger partial charge in [0.15, 0.2) is 0 Å². The Kier molecular flexibility index (Phi) is 4.44. The van der Waals surface area contributed by atoms with Crippen LogP contribution in [0.2, 0.25) is 0 Å². The molecule has 90 valence electrons. The molecular weight excluding hydrogens is 207 g/mol. The van der Waals surface area contributed by atoms with E-state index in [1.807, 2.05) is 13.8 Å². The minimum absolute atomic E-state index is 0.0969. The van der Waals surface area contributed by atoms with Crippen LogP contribution >= 0.6 is 0 Å². The number of ether oxygens (including phenoxy) is 1. The van der Waals surface area contributed by atoms with Crippen molar-refractivity contribution in [3.63, 3.8) is 0 Å². The van der Waals surface area contributed by atoms with E-state index in [1.165, 1.54) is 12.1 Å². The highest BCUT2D eigenvalue weighted by Gasteiger charge is 2.21. The van der Waals surface area contributed by atoms with Gasteiger partial charge in [0.05, 0.1) is 18.3 Å². The van der Waals surface area contributed by atoms with Crippen LogP contribution in [-0.4, -0.2) is 23.4 Å². The Morgan fingerprint density at radius 1 is 1.31 bits per heavy atom. The number of rotatable bonds is 5. The molecule has 1 atom stereocenters. The van der Waals surface area contributed by atoms with Gasteiger partial charge in [-0.05, 0) is 38.5 Å². The summed E-state index contributed by atoms with van der Waals surface area (Å²) in [5, 5.41) is 10.1. The standard InChI is InChI=1S/C13H19FO2/c1-10(2)16-9-13(3,15)8-11-4-6-12(14)7-5-11/h4-7,10,15H,8-9H2,1-3H3. The van der Waals surface area contributed by atoms with Crippen LogP contribution in [0.25, 0.3) is 0 Å². The number of aliphatic hydroxyl groups is 1. The quantitative estimate of drug-likeness (QED) is 0.836. The van der Waals surface area contributed by atoms with Crippen molar-refractivity contribution < 1.29 is 14.2 Å². The fraction of sp³-hybridized carbons (Fsp3) is 0.538. The van der Waals surface area contributed by atoms with Crippen molar-refractivity contribution in [2.45, 2.75) is 38.9 Å². The Labute approximate surface area is 96.1 Å². The topological polar surface area (TPSA) is 29.5 Å². The highest BCUT2D eigenvalue weighted by Crippen LogP contribution is 2.14. The first-order valence-corrected chi connectivity index (χ1v) is 5.47. The van der Waals surface area contributed by atoms with Gasteiger partial charge in [-0.25, -0.2) is 4.39 Å². The highest BCUT2D eigenvalue weighted by atomic mass is 19.1. The molecule has 16 heavy (non-hydrogen) atoms. The van der Waals surface area contributed by atoms with E-state index >= 15 is 0 Å². The van der Waals surface area contributed by atoms with E-state index in [2.05, 4.69) is 0 Å². The SMILES string of the molecule is CC(C)OCC(C)(O)Cc1ccc(F)cc1. The van der Waals surface area contributed by atoms with Crippen LogP contribution in [0.4, 0.5) is 4.39 Å². The molecular formula is C13H19FO2. The molecule has 0 fully saturated rings. The van der Waals surface area contributed by atoms with Gasteiger partial charge in [0.25, 0.3) is 0 Å². The fourth-order valence-electron chi connectivity index (χ4n) is 1.44. The molecule has 1 N–H and O–H groups in total. The van der Waals surface area contributed by atoms with Crippen LogP contribution in [0, 0.1) is 5.82 Å². The van der Waals surface area contributed by atoms with Crippen LogP contribution in [0.5, 0.6) is 0 Å². The van der Waals surface area contributed by atoms with Gasteiger partial charge in [0, 0.05) is 6.42 Å². The van der Waals surface area contributed by atoms with E-state index in [0.717, 1.165) is 5.56 Å². The zero-order valence-corrected chi connectivity index (χ0v) is 10.0. The van der Waals surface area contributed by atoms with Gasteiger partial charge in [0.2, 0.25) is 0 Å². The first-order chi connectivity index (χ1) is 7.39. The minimum Gasteiger partial charge on any atom is -0.387 e. The molecule has 2 nitrogen and oxygen atoms in total. The summed E-state index contributed by atoms with van der Waals surface area (Å²) in [7, 11) is 0. The Morgan fingerprint density at radius 3 is 2.38 bits per heavy atom. The van der Waals surface area contributed by atoms with Gasteiger partial charge >= 0.3 is 0 Å². The predicted octanol–water partition coefficient (Wildman–Crippen LogP) is 2.54. The van der Waals surface area contributed by atoms with Crippen molar-refractivity contribution in [3.8, 4) is 0 Å². The maximum atomic E-state index is 12.7. The molecule has 0 aliphatic heterocycles. The molecule has 0 aliphatic rings. The van der Waals surface area contributed by atoms with E-state index in [0.29, 0.717) is 6.42 Å². The molecule has 0 saturated carbocycles. The molecule has 0 spiro atoms. The Balaban J connectivity index is 2.54. The van der Waals surface area contributed by atoms with Gasteiger partial charge in [-0.15, -0.1) is 0 Å². The van der Waals surface area contributed by atoms with Crippen LogP contribution < -0.4 is 0 Å². The number of hydrogen-bond acceptors (Lipinski definition) is 2. The lowest BCUT2D eigenvalue weighted by molar-refractivity contribution is -0.0529. The summed E-state index contributed by atoms with van der Waals surface area (Å²) in [6, 6.07) is 6.15. The largest absolute Gasteiger partial charge is 0.387 e. The molecule has 1 aromatic rings. The molecule has 0 radical (unpaired) electrons. The van der Waals surface area contributed by atoms with Crippen molar-refractivity contribution in [1.29, 1.82) is 0 Å². The Bertz CT molecular complexity index is 317. The molecule has 3 heteroatoms. The maximum Gasteiger partial charge on any atom is 0.123 e. The third kappa shape index (κ3) is 4.73. The lowest BCUT2D eigenvalue weighted by Crippen LogP contribution is -2.34. The highest BCUT2D eigenvalue weighted by molar-refractivity contribution is 5.17. The van der Waals surface area contributed by atoms with Crippen molar-refractivity contribution in [3.05, 3.63) is 35.6 Å². The second kappa shape index (κ2) is 5.41. The molecule has 0 aliphatic carbocycles.